The van der Waals surface area contributed by atoms with Gasteiger partial charge in [-0.3, -0.25) is 0 Å². The predicted molar refractivity (Wildman–Crippen MR) is 102 cm³/mol. The first-order chi connectivity index (χ1) is 11.3. The maximum Gasteiger partial charge on any atom is 0.218 e. The summed E-state index contributed by atoms with van der Waals surface area (Å²) in [5.74, 6) is 0.0526. The molecule has 2 atom stereocenters. The van der Waals surface area contributed by atoms with E-state index in [1.165, 1.54) is 0 Å². The van der Waals surface area contributed by atoms with Crippen LogP contribution in [0.1, 0.15) is 32.3 Å². The van der Waals surface area contributed by atoms with Crippen LogP contribution in [-0.2, 0) is 15.8 Å². The van der Waals surface area contributed by atoms with Crippen LogP contribution in [0.2, 0.25) is 0 Å². The van der Waals surface area contributed by atoms with E-state index in [4.69, 9.17) is 5.73 Å². The zero-order valence-corrected chi connectivity index (χ0v) is 16.0. The van der Waals surface area contributed by atoms with E-state index in [0.717, 1.165) is 24.1 Å². The summed E-state index contributed by atoms with van der Waals surface area (Å²) >= 11 is 2.00. The number of nitrogens with two attached hydrogens (primary N) is 1. The normalized spacial score (nSPS) is 26.5. The molecule has 1 aromatic carbocycles. The largest absolute Gasteiger partial charge is 0.384 e. The van der Waals surface area contributed by atoms with Crippen LogP contribution in [0.4, 0.5) is 5.69 Å². The molecule has 0 bridgehead atoms. The van der Waals surface area contributed by atoms with Crippen molar-refractivity contribution in [3.05, 3.63) is 29.8 Å². The quantitative estimate of drug-likeness (QED) is 0.752. The topological polar surface area (TPSA) is 75.4 Å². The van der Waals surface area contributed by atoms with Crippen LogP contribution in [-0.4, -0.2) is 48.4 Å². The van der Waals surface area contributed by atoms with Gasteiger partial charge in [-0.1, -0.05) is 12.1 Å². The van der Waals surface area contributed by atoms with E-state index < -0.39 is 10.0 Å². The zero-order chi connectivity index (χ0) is 17.4. The smallest absolute Gasteiger partial charge is 0.218 e. The highest BCUT2D eigenvalue weighted by Crippen LogP contribution is 2.51. The van der Waals surface area contributed by atoms with E-state index in [2.05, 4.69) is 19.2 Å². The molecule has 3 rings (SSSR count). The number of benzene rings is 1. The molecule has 7 heteroatoms. The summed E-state index contributed by atoms with van der Waals surface area (Å²) in [7, 11) is -3.34. The second kappa shape index (κ2) is 6.86. The fraction of sp³-hybridized carbons (Fsp3) is 0.647. The van der Waals surface area contributed by atoms with E-state index >= 15 is 0 Å². The molecular weight excluding hydrogens is 342 g/mol. The maximum absolute atomic E-state index is 13.0. The van der Waals surface area contributed by atoms with E-state index in [9.17, 15) is 8.42 Å². The van der Waals surface area contributed by atoms with Crippen molar-refractivity contribution in [2.75, 3.05) is 25.0 Å². The van der Waals surface area contributed by atoms with E-state index in [1.807, 2.05) is 36.0 Å². The molecule has 3 N–H and O–H groups in total. The molecule has 2 heterocycles. The minimum absolute atomic E-state index is 0.0526. The van der Waals surface area contributed by atoms with Gasteiger partial charge in [0, 0.05) is 41.4 Å². The summed E-state index contributed by atoms with van der Waals surface area (Å²) in [6.07, 6.45) is 1.91. The molecule has 0 spiro atoms. The van der Waals surface area contributed by atoms with Gasteiger partial charge in [0.1, 0.15) is 0 Å². The Bertz CT molecular complexity index is 691. The molecule has 2 unspecified atom stereocenters. The average Bonchev–Trinajstić information content (AvgIpc) is 3.22. The first-order valence-corrected chi connectivity index (χ1v) is 11.1. The van der Waals surface area contributed by atoms with Crippen LogP contribution >= 0.6 is 11.8 Å². The molecule has 2 aliphatic heterocycles. The third-order valence-electron chi connectivity index (χ3n) is 4.77. The number of rotatable bonds is 6. The number of nitrogens with one attached hydrogen (secondary N) is 1. The summed E-state index contributed by atoms with van der Waals surface area (Å²) in [6, 6.07) is 7.62. The van der Waals surface area contributed by atoms with Gasteiger partial charge in [-0.05, 0) is 44.4 Å². The van der Waals surface area contributed by atoms with E-state index in [1.54, 1.807) is 4.31 Å². The van der Waals surface area contributed by atoms with Crippen molar-refractivity contribution in [2.24, 2.45) is 5.73 Å². The van der Waals surface area contributed by atoms with Gasteiger partial charge < -0.3 is 11.1 Å². The van der Waals surface area contributed by atoms with Gasteiger partial charge in [-0.15, -0.1) is 0 Å². The highest BCUT2D eigenvalue weighted by atomic mass is 32.2. The number of hydrogen-bond donors (Lipinski definition) is 2. The Hall–Kier alpha value is -0.760. The molecule has 1 aromatic rings. The average molecular weight is 370 g/mol. The number of sulfonamides is 1. The van der Waals surface area contributed by atoms with Crippen molar-refractivity contribution >= 4 is 27.5 Å². The third-order valence-corrected chi connectivity index (χ3v) is 8.26. The first-order valence-electron chi connectivity index (χ1n) is 8.51. The molecule has 134 valence electrons. The molecule has 2 fully saturated rings. The Kier molecular flexibility index (Phi) is 5.16. The summed E-state index contributed by atoms with van der Waals surface area (Å²) in [5, 5.41) is 4.50. The van der Waals surface area contributed by atoms with Crippen molar-refractivity contribution in [3.63, 3.8) is 0 Å². The van der Waals surface area contributed by atoms with Crippen LogP contribution in [0.5, 0.6) is 0 Å². The van der Waals surface area contributed by atoms with Crippen LogP contribution in [0, 0.1) is 0 Å². The Balaban J connectivity index is 1.75. The van der Waals surface area contributed by atoms with E-state index in [0.29, 0.717) is 30.1 Å². The molecular formula is C17H27N3O2S2. The molecule has 2 saturated heterocycles. The Labute approximate surface area is 149 Å². The summed E-state index contributed by atoms with van der Waals surface area (Å²) in [4.78, 5) is 0. The second-order valence-corrected chi connectivity index (χ2v) is 10.6. The highest BCUT2D eigenvalue weighted by Gasteiger charge is 2.49. The lowest BCUT2D eigenvalue weighted by atomic mass is 9.99. The molecule has 0 amide bonds. The summed E-state index contributed by atoms with van der Waals surface area (Å²) in [6.45, 7) is 5.98. The minimum Gasteiger partial charge on any atom is -0.384 e. The van der Waals surface area contributed by atoms with Crippen molar-refractivity contribution < 1.29 is 8.42 Å². The van der Waals surface area contributed by atoms with Crippen molar-refractivity contribution in [3.8, 4) is 0 Å². The molecule has 0 radical (unpaired) electrons. The highest BCUT2D eigenvalue weighted by molar-refractivity contribution is 8.07. The Morgan fingerprint density at radius 2 is 2.17 bits per heavy atom. The number of nitrogens with zero attached hydrogens (tertiary/aromatic N) is 1. The SMILES string of the molecule is CC1(C)CC2SC2CCN1S(=O)(=O)Cc1cccc(NCCN)c1. The fourth-order valence-corrected chi connectivity index (χ4v) is 6.85. The van der Waals surface area contributed by atoms with Crippen LogP contribution < -0.4 is 11.1 Å². The maximum atomic E-state index is 13.0. The van der Waals surface area contributed by atoms with Crippen LogP contribution in [0.15, 0.2) is 24.3 Å². The molecule has 0 aliphatic carbocycles. The van der Waals surface area contributed by atoms with Crippen molar-refractivity contribution in [1.29, 1.82) is 0 Å². The minimum atomic E-state index is -3.34. The van der Waals surface area contributed by atoms with Gasteiger partial charge in [0.15, 0.2) is 0 Å². The zero-order valence-electron chi connectivity index (χ0n) is 14.4. The number of hydrogen-bond acceptors (Lipinski definition) is 5. The fourth-order valence-electron chi connectivity index (χ4n) is 3.55. The Morgan fingerprint density at radius 3 is 2.92 bits per heavy atom. The summed E-state index contributed by atoms with van der Waals surface area (Å²) in [5.41, 5.74) is 6.93. The standard InChI is InChI=1S/C17H27N3O2S2/c1-17(2)11-16-15(23-16)6-9-20(17)24(21,22)12-13-4-3-5-14(10-13)19-8-7-18/h3-5,10,15-16,19H,6-9,11-12,18H2,1-2H3. The third kappa shape index (κ3) is 4.07. The lowest BCUT2D eigenvalue weighted by molar-refractivity contribution is 0.230. The van der Waals surface area contributed by atoms with Gasteiger partial charge >= 0.3 is 0 Å². The van der Waals surface area contributed by atoms with Crippen molar-refractivity contribution in [1.82, 2.24) is 4.31 Å². The van der Waals surface area contributed by atoms with Crippen molar-refractivity contribution in [2.45, 2.75) is 48.5 Å². The predicted octanol–water partition coefficient (Wildman–Crippen LogP) is 2.25. The van der Waals surface area contributed by atoms with Gasteiger partial charge in [-0.25, -0.2) is 8.42 Å². The monoisotopic (exact) mass is 369 g/mol. The second-order valence-electron chi connectivity index (χ2n) is 7.26. The molecule has 2 aliphatic rings. The number of thioether (sulfide) groups is 1. The lowest BCUT2D eigenvalue weighted by Crippen LogP contribution is -2.48. The van der Waals surface area contributed by atoms with Gasteiger partial charge in [-0.2, -0.15) is 16.1 Å². The number of anilines is 1. The molecule has 0 aromatic heterocycles. The Morgan fingerprint density at radius 1 is 1.38 bits per heavy atom. The van der Waals surface area contributed by atoms with Gasteiger partial charge in [0.05, 0.1) is 5.75 Å². The van der Waals surface area contributed by atoms with Gasteiger partial charge in [0.2, 0.25) is 10.0 Å². The van der Waals surface area contributed by atoms with E-state index in [-0.39, 0.29) is 11.3 Å². The molecule has 0 saturated carbocycles. The van der Waals surface area contributed by atoms with Crippen LogP contribution in [0.3, 0.4) is 0 Å². The molecule has 5 nitrogen and oxygen atoms in total. The summed E-state index contributed by atoms with van der Waals surface area (Å²) < 4.78 is 27.8. The molecule has 24 heavy (non-hydrogen) atoms. The number of fused-ring (bicyclic) bond motifs is 1. The lowest BCUT2D eigenvalue weighted by Gasteiger charge is -2.36. The van der Waals surface area contributed by atoms with Crippen LogP contribution in [0.25, 0.3) is 0 Å². The van der Waals surface area contributed by atoms with Gasteiger partial charge in [0.25, 0.3) is 0 Å². The first kappa shape index (κ1) is 18.0.